The fourth-order valence-corrected chi connectivity index (χ4v) is 1.70. The summed E-state index contributed by atoms with van der Waals surface area (Å²) in [6.07, 6.45) is 2.43. The normalized spacial score (nSPS) is 12.5. The van der Waals surface area contributed by atoms with Crippen LogP contribution in [0.1, 0.15) is 31.4 Å². The Kier molecular flexibility index (Phi) is 6.01. The molecular weight excluding hydrogens is 206 g/mol. The first-order valence-corrected chi connectivity index (χ1v) is 6.02. The predicted molar refractivity (Wildman–Crippen MR) is 58.2 cm³/mol. The molecule has 1 aromatic carbocycles. The van der Waals surface area contributed by atoms with Gasteiger partial charge in [-0.25, -0.2) is 0 Å². The molecule has 0 saturated carbocycles. The van der Waals surface area contributed by atoms with Crippen LogP contribution in [0.4, 0.5) is 0 Å². The molecule has 0 saturated heterocycles. The van der Waals surface area contributed by atoms with Crippen molar-refractivity contribution in [2.75, 3.05) is 6.54 Å². The maximum absolute atomic E-state index is 3.51. The van der Waals surface area contributed by atoms with E-state index in [0.29, 0.717) is 6.04 Å². The topological polar surface area (TPSA) is 12.0 Å². The van der Waals surface area contributed by atoms with E-state index in [1.165, 1.54) is 18.4 Å². The average molecular weight is 223 g/mol. The zero-order valence-corrected chi connectivity index (χ0v) is 10.2. The summed E-state index contributed by atoms with van der Waals surface area (Å²) < 4.78 is 2.22. The summed E-state index contributed by atoms with van der Waals surface area (Å²) in [5.74, 6) is 0. The molecule has 0 heterocycles. The standard InChI is InChI=1S/C12H17N.Ti/c1-3-4-10-13-11(2)12-8-6-5-7-9-12;/h1,5-9,11,13H,3-4,10H2,2H3;/q;+2/t11-;/m0./s1. The van der Waals surface area contributed by atoms with Gasteiger partial charge >= 0.3 is 97.9 Å². The molecule has 0 aliphatic carbocycles. The van der Waals surface area contributed by atoms with E-state index < -0.39 is 0 Å². The van der Waals surface area contributed by atoms with E-state index in [1.807, 2.05) is 0 Å². The molecule has 0 aliphatic heterocycles. The average Bonchev–Trinajstić information content (AvgIpc) is 2.25. The van der Waals surface area contributed by atoms with Gasteiger partial charge in [-0.3, -0.25) is 0 Å². The number of hydrogen-bond acceptors (Lipinski definition) is 1. The van der Waals surface area contributed by atoms with Crippen molar-refractivity contribution in [2.24, 2.45) is 0 Å². The summed E-state index contributed by atoms with van der Waals surface area (Å²) in [6.45, 7) is 3.31. The molecule has 0 unspecified atom stereocenters. The van der Waals surface area contributed by atoms with Gasteiger partial charge in [-0.05, 0) is 0 Å². The van der Waals surface area contributed by atoms with E-state index in [0.717, 1.165) is 6.54 Å². The molecular formula is C12H17NTi+2. The molecule has 0 fully saturated rings. The SMILES string of the molecule is C[C@H](NCCC[CH]=[Ti+2])c1ccccc1. The number of nitrogens with one attached hydrogen (secondary N) is 1. The first-order chi connectivity index (χ1) is 6.84. The summed E-state index contributed by atoms with van der Waals surface area (Å²) in [6, 6.07) is 11.0. The molecule has 1 aromatic rings. The Morgan fingerprint density at radius 3 is 2.71 bits per heavy atom. The second-order valence-corrected chi connectivity index (χ2v) is 4.07. The van der Waals surface area contributed by atoms with Crippen LogP contribution >= 0.6 is 0 Å². The summed E-state index contributed by atoms with van der Waals surface area (Å²) >= 11 is 2.11. The fourth-order valence-electron chi connectivity index (χ4n) is 1.38. The van der Waals surface area contributed by atoms with Gasteiger partial charge in [-0.2, -0.15) is 0 Å². The van der Waals surface area contributed by atoms with Crippen molar-refractivity contribution in [1.29, 1.82) is 0 Å². The van der Waals surface area contributed by atoms with Gasteiger partial charge in [-0.1, -0.05) is 0 Å². The van der Waals surface area contributed by atoms with E-state index in [-0.39, 0.29) is 0 Å². The van der Waals surface area contributed by atoms with Crippen LogP contribution in [0, 0.1) is 0 Å². The summed E-state index contributed by atoms with van der Waals surface area (Å²) in [5, 5.41) is 3.51. The van der Waals surface area contributed by atoms with Crippen LogP contribution in [0.15, 0.2) is 30.3 Å². The van der Waals surface area contributed by atoms with Crippen LogP contribution < -0.4 is 5.32 Å². The van der Waals surface area contributed by atoms with Gasteiger partial charge in [0, 0.05) is 0 Å². The number of unbranched alkanes of at least 4 members (excludes halogenated alkanes) is 1. The molecule has 72 valence electrons. The van der Waals surface area contributed by atoms with Crippen LogP contribution in [-0.2, 0) is 20.0 Å². The van der Waals surface area contributed by atoms with Gasteiger partial charge in [-0.15, -0.1) is 0 Å². The van der Waals surface area contributed by atoms with Crippen molar-refractivity contribution in [3.05, 3.63) is 35.9 Å². The molecule has 2 heteroatoms. The van der Waals surface area contributed by atoms with Crippen molar-refractivity contribution in [3.63, 3.8) is 0 Å². The minimum absolute atomic E-state index is 0.466. The molecule has 1 rings (SSSR count). The van der Waals surface area contributed by atoms with Gasteiger partial charge in [0.2, 0.25) is 0 Å². The third kappa shape index (κ3) is 4.32. The molecule has 0 radical (unpaired) electrons. The minimum atomic E-state index is 0.466. The van der Waals surface area contributed by atoms with Crippen LogP contribution in [0.3, 0.4) is 0 Å². The third-order valence-corrected chi connectivity index (χ3v) is 2.73. The second-order valence-electron chi connectivity index (χ2n) is 3.43. The van der Waals surface area contributed by atoms with Crippen molar-refractivity contribution in [2.45, 2.75) is 25.8 Å². The molecule has 0 spiro atoms. The Labute approximate surface area is 97.8 Å². The van der Waals surface area contributed by atoms with Gasteiger partial charge in [0.15, 0.2) is 0 Å². The Hall–Kier alpha value is -0.236. The zero-order chi connectivity index (χ0) is 10.2. The van der Waals surface area contributed by atoms with E-state index >= 15 is 0 Å². The molecule has 0 aromatic heterocycles. The van der Waals surface area contributed by atoms with Gasteiger partial charge < -0.3 is 0 Å². The van der Waals surface area contributed by atoms with Crippen molar-refractivity contribution < 1.29 is 20.0 Å². The monoisotopic (exact) mass is 223 g/mol. The predicted octanol–water partition coefficient (Wildman–Crippen LogP) is 2.47. The first-order valence-electron chi connectivity index (χ1n) is 5.12. The van der Waals surface area contributed by atoms with E-state index in [9.17, 15) is 0 Å². The second kappa shape index (κ2) is 7.11. The summed E-state index contributed by atoms with van der Waals surface area (Å²) in [4.78, 5) is 0. The third-order valence-electron chi connectivity index (χ3n) is 2.28. The van der Waals surface area contributed by atoms with Crippen molar-refractivity contribution in [1.82, 2.24) is 5.32 Å². The van der Waals surface area contributed by atoms with Crippen molar-refractivity contribution >= 4 is 4.31 Å². The first kappa shape index (κ1) is 11.8. The Bertz CT molecular complexity index is 258. The molecule has 0 aliphatic rings. The van der Waals surface area contributed by atoms with E-state index in [1.54, 1.807) is 0 Å². The number of rotatable bonds is 6. The van der Waals surface area contributed by atoms with Gasteiger partial charge in [0.05, 0.1) is 0 Å². The Morgan fingerprint density at radius 2 is 2.07 bits per heavy atom. The summed E-state index contributed by atoms with van der Waals surface area (Å²) in [7, 11) is 0. The number of hydrogen-bond donors (Lipinski definition) is 1. The molecule has 0 bridgehead atoms. The van der Waals surface area contributed by atoms with Crippen LogP contribution in [0.2, 0.25) is 0 Å². The molecule has 0 amide bonds. The Balaban J connectivity index is 2.28. The molecule has 1 atom stereocenters. The maximum atomic E-state index is 3.51. The van der Waals surface area contributed by atoms with Gasteiger partial charge in [0.25, 0.3) is 0 Å². The fraction of sp³-hybridized carbons (Fsp3) is 0.417. The van der Waals surface area contributed by atoms with E-state index in [4.69, 9.17) is 0 Å². The molecule has 1 N–H and O–H groups in total. The molecule has 1 nitrogen and oxygen atoms in total. The summed E-state index contributed by atoms with van der Waals surface area (Å²) in [5.41, 5.74) is 1.37. The van der Waals surface area contributed by atoms with E-state index in [2.05, 4.69) is 66.9 Å². The Morgan fingerprint density at radius 1 is 1.36 bits per heavy atom. The van der Waals surface area contributed by atoms with Crippen LogP contribution in [0.25, 0.3) is 0 Å². The molecule has 14 heavy (non-hydrogen) atoms. The van der Waals surface area contributed by atoms with Gasteiger partial charge in [0.1, 0.15) is 0 Å². The zero-order valence-electron chi connectivity index (χ0n) is 8.66. The quantitative estimate of drug-likeness (QED) is 0.577. The van der Waals surface area contributed by atoms with Crippen molar-refractivity contribution in [3.8, 4) is 0 Å². The van der Waals surface area contributed by atoms with Crippen LogP contribution in [0.5, 0.6) is 0 Å². The number of benzene rings is 1. The van der Waals surface area contributed by atoms with Crippen LogP contribution in [-0.4, -0.2) is 10.9 Å².